The largest absolute Gasteiger partial charge is 0.446 e. The van der Waals surface area contributed by atoms with Gasteiger partial charge >= 0.3 is 0 Å². The average molecular weight is 286 g/mol. The van der Waals surface area contributed by atoms with E-state index in [1.807, 2.05) is 28.8 Å². The minimum atomic E-state index is -0.366. The highest BCUT2D eigenvalue weighted by Crippen LogP contribution is 2.14. The van der Waals surface area contributed by atoms with Crippen LogP contribution in [0.3, 0.4) is 0 Å². The molecule has 0 saturated carbocycles. The lowest BCUT2D eigenvalue weighted by Crippen LogP contribution is -2.26. The number of hydrogen-bond donors (Lipinski definition) is 2. The van der Waals surface area contributed by atoms with E-state index in [1.54, 1.807) is 6.33 Å². The maximum Gasteiger partial charge on any atom is 0.273 e. The molecule has 3 rings (SSSR count). The summed E-state index contributed by atoms with van der Waals surface area (Å²) in [7, 11) is 0. The van der Waals surface area contributed by atoms with E-state index in [-0.39, 0.29) is 24.8 Å². The molecule has 2 N–H and O–H groups in total. The molecule has 0 aliphatic carbocycles. The Hall–Kier alpha value is -2.67. The number of aliphatic hydroxyl groups is 1. The first-order valence-corrected chi connectivity index (χ1v) is 6.51. The molecule has 2 aromatic heterocycles. The fourth-order valence-corrected chi connectivity index (χ4v) is 2.03. The smallest absolute Gasteiger partial charge is 0.273 e. The molecule has 21 heavy (non-hydrogen) atoms. The maximum absolute atomic E-state index is 11.7. The van der Waals surface area contributed by atoms with E-state index in [1.165, 1.54) is 6.26 Å². The van der Waals surface area contributed by atoms with Crippen molar-refractivity contribution in [3.63, 3.8) is 0 Å². The summed E-state index contributed by atoms with van der Waals surface area (Å²) < 4.78 is 7.20. The van der Waals surface area contributed by atoms with Crippen molar-refractivity contribution in [1.82, 2.24) is 19.9 Å². The summed E-state index contributed by atoms with van der Waals surface area (Å²) in [5, 5.41) is 11.2. The second-order valence-electron chi connectivity index (χ2n) is 4.47. The number of nitrogens with zero attached hydrogens (tertiary/aromatic N) is 3. The van der Waals surface area contributed by atoms with Crippen LogP contribution in [0.4, 0.5) is 0 Å². The van der Waals surface area contributed by atoms with Gasteiger partial charge < -0.3 is 19.4 Å². The van der Waals surface area contributed by atoms with Gasteiger partial charge in [-0.2, -0.15) is 0 Å². The molecule has 0 aliphatic rings. The maximum atomic E-state index is 11.7. The first kappa shape index (κ1) is 13.3. The summed E-state index contributed by atoms with van der Waals surface area (Å²) in [4.78, 5) is 20.1. The molecule has 3 aromatic rings. The Kier molecular flexibility index (Phi) is 3.65. The summed E-state index contributed by atoms with van der Waals surface area (Å²) in [6.45, 7) is 0.471. The second kappa shape index (κ2) is 5.76. The third-order valence-corrected chi connectivity index (χ3v) is 3.01. The molecule has 108 valence electrons. The zero-order valence-corrected chi connectivity index (χ0v) is 11.2. The molecule has 7 nitrogen and oxygen atoms in total. The number of nitrogens with one attached hydrogen (secondary N) is 1. The molecule has 1 amide bonds. The first-order valence-electron chi connectivity index (χ1n) is 6.51. The Morgan fingerprint density at radius 1 is 1.38 bits per heavy atom. The van der Waals surface area contributed by atoms with Crippen LogP contribution in [-0.4, -0.2) is 38.7 Å². The third-order valence-electron chi connectivity index (χ3n) is 3.01. The van der Waals surface area contributed by atoms with Gasteiger partial charge in [-0.25, -0.2) is 9.97 Å². The lowest BCUT2D eigenvalue weighted by molar-refractivity contribution is 0.0939. The van der Waals surface area contributed by atoms with Crippen LogP contribution in [0.5, 0.6) is 0 Å². The number of oxazole rings is 1. The Morgan fingerprint density at radius 3 is 3.10 bits per heavy atom. The number of rotatable bonds is 5. The van der Waals surface area contributed by atoms with Gasteiger partial charge in [0, 0.05) is 6.54 Å². The standard InChI is InChI=1S/C14H14N4O3/c19-6-5-15-14(20)11-8-21-13(17-11)7-18-9-16-10-3-1-2-4-12(10)18/h1-4,8-9,19H,5-7H2,(H,15,20). The van der Waals surface area contributed by atoms with E-state index in [0.29, 0.717) is 12.4 Å². The Morgan fingerprint density at radius 2 is 2.24 bits per heavy atom. The highest BCUT2D eigenvalue weighted by Gasteiger charge is 2.12. The summed E-state index contributed by atoms with van der Waals surface area (Å²) in [6, 6.07) is 7.74. The number of hydrogen-bond acceptors (Lipinski definition) is 5. The van der Waals surface area contributed by atoms with Gasteiger partial charge in [-0.1, -0.05) is 12.1 Å². The number of aliphatic hydroxyl groups excluding tert-OH is 1. The van der Waals surface area contributed by atoms with E-state index in [4.69, 9.17) is 9.52 Å². The van der Waals surface area contributed by atoms with Crippen LogP contribution in [0.15, 0.2) is 41.3 Å². The normalized spacial score (nSPS) is 10.9. The zero-order chi connectivity index (χ0) is 14.7. The lowest BCUT2D eigenvalue weighted by atomic mass is 10.3. The van der Waals surface area contributed by atoms with Gasteiger partial charge in [0.2, 0.25) is 5.89 Å². The first-order chi connectivity index (χ1) is 10.3. The number of para-hydroxylation sites is 2. The molecule has 0 aliphatic heterocycles. The van der Waals surface area contributed by atoms with Crippen LogP contribution in [-0.2, 0) is 6.54 Å². The number of amides is 1. The van der Waals surface area contributed by atoms with E-state index >= 15 is 0 Å². The molecule has 0 bridgehead atoms. The van der Waals surface area contributed by atoms with Gasteiger partial charge in [-0.05, 0) is 12.1 Å². The van der Waals surface area contributed by atoms with Crippen molar-refractivity contribution in [2.75, 3.05) is 13.2 Å². The number of carbonyl (C=O) groups is 1. The molecule has 1 aromatic carbocycles. The molecular formula is C14H14N4O3. The van der Waals surface area contributed by atoms with Gasteiger partial charge in [0.1, 0.15) is 12.8 Å². The van der Waals surface area contributed by atoms with Crippen molar-refractivity contribution < 1.29 is 14.3 Å². The summed E-state index contributed by atoms with van der Waals surface area (Å²) in [6.07, 6.45) is 3.02. The zero-order valence-electron chi connectivity index (χ0n) is 11.2. The molecule has 0 radical (unpaired) electrons. The average Bonchev–Trinajstić information content (AvgIpc) is 3.13. The molecule has 0 spiro atoms. The Bertz CT molecular complexity index is 762. The number of imidazole rings is 1. The van der Waals surface area contributed by atoms with Crippen molar-refractivity contribution in [2.24, 2.45) is 0 Å². The topological polar surface area (TPSA) is 93.2 Å². The molecule has 0 unspecified atom stereocenters. The van der Waals surface area contributed by atoms with Crippen LogP contribution >= 0.6 is 0 Å². The molecule has 0 fully saturated rings. The quantitative estimate of drug-likeness (QED) is 0.723. The lowest BCUT2D eigenvalue weighted by Gasteiger charge is -2.00. The van der Waals surface area contributed by atoms with Crippen LogP contribution in [0, 0.1) is 0 Å². The Labute approximate surface area is 120 Å². The monoisotopic (exact) mass is 286 g/mol. The number of fused-ring (bicyclic) bond motifs is 1. The number of aromatic nitrogens is 3. The van der Waals surface area contributed by atoms with Crippen molar-refractivity contribution in [1.29, 1.82) is 0 Å². The Balaban J connectivity index is 1.76. The summed E-state index contributed by atoms with van der Waals surface area (Å²) >= 11 is 0. The minimum absolute atomic E-state index is 0.114. The minimum Gasteiger partial charge on any atom is -0.446 e. The van der Waals surface area contributed by atoms with Crippen LogP contribution < -0.4 is 5.32 Å². The molecule has 0 saturated heterocycles. The van der Waals surface area contributed by atoms with Gasteiger partial charge in [0.25, 0.3) is 5.91 Å². The summed E-state index contributed by atoms with van der Waals surface area (Å²) in [5.74, 6) is 0.0573. The third kappa shape index (κ3) is 2.77. The van der Waals surface area contributed by atoms with Crippen LogP contribution in [0.2, 0.25) is 0 Å². The fourth-order valence-electron chi connectivity index (χ4n) is 2.03. The molecule has 2 heterocycles. The van der Waals surface area contributed by atoms with Gasteiger partial charge in [-0.3, -0.25) is 4.79 Å². The fraction of sp³-hybridized carbons (Fsp3) is 0.214. The highest BCUT2D eigenvalue weighted by atomic mass is 16.3. The number of carbonyl (C=O) groups excluding carboxylic acids is 1. The van der Waals surface area contributed by atoms with Crippen molar-refractivity contribution in [2.45, 2.75) is 6.54 Å². The van der Waals surface area contributed by atoms with E-state index in [0.717, 1.165) is 11.0 Å². The molecular weight excluding hydrogens is 272 g/mol. The van der Waals surface area contributed by atoms with E-state index < -0.39 is 0 Å². The van der Waals surface area contributed by atoms with Gasteiger partial charge in [-0.15, -0.1) is 0 Å². The van der Waals surface area contributed by atoms with Crippen LogP contribution in [0.25, 0.3) is 11.0 Å². The van der Waals surface area contributed by atoms with Crippen molar-refractivity contribution in [3.05, 3.63) is 48.4 Å². The van der Waals surface area contributed by atoms with Crippen molar-refractivity contribution >= 4 is 16.9 Å². The molecule has 0 atom stereocenters. The van der Waals surface area contributed by atoms with Gasteiger partial charge in [0.15, 0.2) is 5.69 Å². The van der Waals surface area contributed by atoms with E-state index in [2.05, 4.69) is 15.3 Å². The van der Waals surface area contributed by atoms with E-state index in [9.17, 15) is 4.79 Å². The SMILES string of the molecule is O=C(NCCO)c1coc(Cn2cnc3ccccc32)n1. The van der Waals surface area contributed by atoms with Crippen LogP contribution in [0.1, 0.15) is 16.4 Å². The predicted octanol–water partition coefficient (Wildman–Crippen LogP) is 0.795. The predicted molar refractivity (Wildman–Crippen MR) is 74.8 cm³/mol. The van der Waals surface area contributed by atoms with Gasteiger partial charge in [0.05, 0.1) is 24.0 Å². The number of benzene rings is 1. The second-order valence-corrected chi connectivity index (χ2v) is 4.47. The summed E-state index contributed by atoms with van der Waals surface area (Å²) in [5.41, 5.74) is 2.06. The van der Waals surface area contributed by atoms with Crippen molar-refractivity contribution in [3.8, 4) is 0 Å². The highest BCUT2D eigenvalue weighted by molar-refractivity contribution is 5.91. The molecule has 7 heteroatoms.